The lowest BCUT2D eigenvalue weighted by Gasteiger charge is -2.37. The van der Waals surface area contributed by atoms with Crippen LogP contribution in [0, 0.1) is 11.2 Å². The van der Waals surface area contributed by atoms with Gasteiger partial charge in [0.2, 0.25) is 5.96 Å². The molecule has 14 nitrogen and oxygen atoms in total. The first-order valence-corrected chi connectivity index (χ1v) is 13.0. The molecule has 0 radical (unpaired) electrons. The van der Waals surface area contributed by atoms with Crippen molar-refractivity contribution in [2.45, 2.75) is 31.7 Å². The number of halogens is 1. The molecule has 2 atom stereocenters. The van der Waals surface area contributed by atoms with Gasteiger partial charge in [0.05, 0.1) is 26.6 Å². The van der Waals surface area contributed by atoms with Crippen LogP contribution < -0.4 is 20.2 Å². The van der Waals surface area contributed by atoms with Gasteiger partial charge in [-0.15, -0.1) is 4.41 Å². The fourth-order valence-corrected chi connectivity index (χ4v) is 5.24. The highest BCUT2D eigenvalue weighted by Gasteiger charge is 2.45. The second-order valence-electron chi connectivity index (χ2n) is 7.98. The highest BCUT2D eigenvalue weighted by atomic mass is 32.2. The number of carbonyl (C=O) groups excluding carboxylic acids is 1. The van der Waals surface area contributed by atoms with Gasteiger partial charge >= 0.3 is 0 Å². The Labute approximate surface area is 224 Å². The van der Waals surface area contributed by atoms with E-state index in [1.54, 1.807) is 13.0 Å². The lowest BCUT2D eigenvalue weighted by molar-refractivity contribution is 0.0910. The summed E-state index contributed by atoms with van der Waals surface area (Å²) in [7, 11) is -0.933. The maximum atomic E-state index is 14.1. The Bertz CT molecular complexity index is 1410. The molecule has 3 rings (SSSR count). The number of methoxy groups -OCH3 is 3. The Morgan fingerprint density at radius 1 is 1.15 bits per heavy atom. The molecule has 0 aliphatic carbocycles. The van der Waals surface area contributed by atoms with Gasteiger partial charge in [0.1, 0.15) is 22.9 Å². The number of hydrogen-bond donors (Lipinski definition) is 2. The van der Waals surface area contributed by atoms with E-state index < -0.39 is 39.1 Å². The summed E-state index contributed by atoms with van der Waals surface area (Å²) in [6.07, 6.45) is 1.91. The summed E-state index contributed by atoms with van der Waals surface area (Å²) in [5.74, 6) is -2.79. The van der Waals surface area contributed by atoms with Crippen molar-refractivity contribution in [3.63, 3.8) is 0 Å². The second kappa shape index (κ2) is 12.0. The SMILES string of the molecule is CCn1ccc(C(=O)N(c2c(OC)cccc2OC)N(C(=N)N)S(=O)(=O)[C@@H](C)[C@H](OC)c2ncc(F)cn2)n1. The number of ether oxygens (including phenoxy) is 3. The number of rotatable bonds is 10. The monoisotopic (exact) mass is 564 g/mol. The summed E-state index contributed by atoms with van der Waals surface area (Å²) in [6.45, 7) is 3.49. The minimum absolute atomic E-state index is 0.0388. The van der Waals surface area contributed by atoms with Gasteiger partial charge in [0.15, 0.2) is 23.0 Å². The zero-order chi connectivity index (χ0) is 28.9. The van der Waals surface area contributed by atoms with Crippen LogP contribution in [0.2, 0.25) is 0 Å². The number of benzene rings is 1. The number of para-hydroxylation sites is 1. The molecular weight excluding hydrogens is 535 g/mol. The van der Waals surface area contributed by atoms with E-state index in [9.17, 15) is 17.6 Å². The van der Waals surface area contributed by atoms with Gasteiger partial charge in [-0.1, -0.05) is 6.07 Å². The number of hydrogen-bond acceptors (Lipinski definition) is 10. The summed E-state index contributed by atoms with van der Waals surface area (Å²) in [5, 5.41) is 11.6. The van der Waals surface area contributed by atoms with E-state index in [0.717, 1.165) is 12.4 Å². The molecule has 210 valence electrons. The molecule has 0 aliphatic heterocycles. The number of amides is 1. The van der Waals surface area contributed by atoms with Gasteiger partial charge in [-0.05, 0) is 32.0 Å². The first kappa shape index (κ1) is 29.2. The van der Waals surface area contributed by atoms with E-state index in [1.807, 2.05) is 0 Å². The predicted octanol–water partition coefficient (Wildman–Crippen LogP) is 1.71. The molecule has 1 aromatic carbocycles. The van der Waals surface area contributed by atoms with Crippen LogP contribution in [-0.4, -0.2) is 71.0 Å². The van der Waals surface area contributed by atoms with E-state index in [0.29, 0.717) is 16.0 Å². The molecule has 16 heteroatoms. The van der Waals surface area contributed by atoms with Crippen molar-refractivity contribution in [1.29, 1.82) is 5.41 Å². The standard InChI is InChI=1S/C23H29FN8O6S/c1-6-30-11-10-16(29-30)22(33)31(19-17(36-3)8-7-9-18(19)37-4)32(23(25)26)39(34,35)14(2)20(38-5)21-27-12-15(24)13-28-21/h7-14,20H,6H2,1-5H3,(H3,25,26)/t14-,20-/m0/s1. The maximum Gasteiger partial charge on any atom is 0.298 e. The highest BCUT2D eigenvalue weighted by Crippen LogP contribution is 2.40. The second-order valence-corrected chi connectivity index (χ2v) is 10.1. The van der Waals surface area contributed by atoms with Crippen LogP contribution in [0.3, 0.4) is 0 Å². The number of guanidine groups is 1. The predicted molar refractivity (Wildman–Crippen MR) is 138 cm³/mol. The fraction of sp³-hybridized carbons (Fsp3) is 0.348. The third kappa shape index (κ3) is 5.75. The van der Waals surface area contributed by atoms with Crippen molar-refractivity contribution in [3.05, 3.63) is 60.2 Å². The van der Waals surface area contributed by atoms with Crippen LogP contribution in [0.4, 0.5) is 10.1 Å². The zero-order valence-corrected chi connectivity index (χ0v) is 22.7. The van der Waals surface area contributed by atoms with Gasteiger partial charge < -0.3 is 19.9 Å². The summed E-state index contributed by atoms with van der Waals surface area (Å²) < 4.78 is 59.6. The van der Waals surface area contributed by atoms with Crippen molar-refractivity contribution in [1.82, 2.24) is 24.2 Å². The molecule has 1 amide bonds. The first-order chi connectivity index (χ1) is 18.5. The number of hydrazine groups is 1. The molecular formula is C23H29FN8O6S. The first-order valence-electron chi connectivity index (χ1n) is 11.5. The van der Waals surface area contributed by atoms with Crippen LogP contribution in [0.1, 0.15) is 36.3 Å². The Kier molecular flexibility index (Phi) is 9.03. The lowest BCUT2D eigenvalue weighted by atomic mass is 10.2. The van der Waals surface area contributed by atoms with Crippen LogP contribution in [0.5, 0.6) is 11.5 Å². The molecule has 0 bridgehead atoms. The Morgan fingerprint density at radius 2 is 1.74 bits per heavy atom. The van der Waals surface area contributed by atoms with Crippen LogP contribution in [0.25, 0.3) is 0 Å². The Balaban J connectivity index is 2.26. The van der Waals surface area contributed by atoms with E-state index in [2.05, 4.69) is 15.1 Å². The van der Waals surface area contributed by atoms with Gasteiger partial charge in [0, 0.05) is 19.9 Å². The van der Waals surface area contributed by atoms with E-state index in [-0.39, 0.29) is 28.7 Å². The molecule has 3 aromatic rings. The highest BCUT2D eigenvalue weighted by molar-refractivity contribution is 7.90. The lowest BCUT2D eigenvalue weighted by Crippen LogP contribution is -2.58. The molecule has 0 fully saturated rings. The molecule has 2 aromatic heterocycles. The summed E-state index contributed by atoms with van der Waals surface area (Å²) in [6, 6.07) is 5.90. The largest absolute Gasteiger partial charge is 0.494 e. The molecule has 0 saturated heterocycles. The average molecular weight is 565 g/mol. The van der Waals surface area contributed by atoms with Crippen LogP contribution in [-0.2, 0) is 21.3 Å². The third-order valence-electron chi connectivity index (χ3n) is 5.66. The van der Waals surface area contributed by atoms with E-state index in [1.165, 1.54) is 57.3 Å². The molecule has 0 spiro atoms. The van der Waals surface area contributed by atoms with Crippen LogP contribution >= 0.6 is 0 Å². The maximum absolute atomic E-state index is 14.1. The molecule has 39 heavy (non-hydrogen) atoms. The van der Waals surface area contributed by atoms with Gasteiger partial charge in [0.25, 0.3) is 15.9 Å². The summed E-state index contributed by atoms with van der Waals surface area (Å²) in [4.78, 5) is 21.6. The van der Waals surface area contributed by atoms with Crippen LogP contribution in [0.15, 0.2) is 42.9 Å². The van der Waals surface area contributed by atoms with Crippen molar-refractivity contribution in [2.24, 2.45) is 5.73 Å². The van der Waals surface area contributed by atoms with Gasteiger partial charge in [-0.2, -0.15) is 10.1 Å². The normalized spacial score (nSPS) is 12.9. The average Bonchev–Trinajstić information content (AvgIpc) is 3.41. The minimum Gasteiger partial charge on any atom is -0.494 e. The summed E-state index contributed by atoms with van der Waals surface area (Å²) >= 11 is 0. The number of anilines is 1. The number of aromatic nitrogens is 4. The number of carbonyl (C=O) groups is 1. The van der Waals surface area contributed by atoms with Crippen molar-refractivity contribution >= 4 is 27.6 Å². The van der Waals surface area contributed by atoms with E-state index in [4.69, 9.17) is 25.4 Å². The topological polar surface area (TPSA) is 179 Å². The minimum atomic E-state index is -4.77. The van der Waals surface area contributed by atoms with Crippen molar-refractivity contribution in [2.75, 3.05) is 26.3 Å². The molecule has 2 heterocycles. The quantitative estimate of drug-likeness (QED) is 0.209. The molecule has 0 aliphatic rings. The zero-order valence-electron chi connectivity index (χ0n) is 21.9. The fourth-order valence-electron chi connectivity index (χ4n) is 3.72. The number of nitrogens with zero attached hydrogens (tertiary/aromatic N) is 6. The molecule has 0 saturated carbocycles. The number of nitrogens with one attached hydrogen (secondary N) is 1. The van der Waals surface area contributed by atoms with E-state index >= 15 is 0 Å². The smallest absolute Gasteiger partial charge is 0.298 e. The Morgan fingerprint density at radius 3 is 2.21 bits per heavy atom. The number of sulfonamides is 1. The number of nitrogens with two attached hydrogens (primary N) is 1. The molecule has 3 N–H and O–H groups in total. The van der Waals surface area contributed by atoms with Crippen molar-refractivity contribution in [3.8, 4) is 11.5 Å². The van der Waals surface area contributed by atoms with Gasteiger partial charge in [-0.25, -0.2) is 22.8 Å². The molecule has 0 unspecified atom stereocenters. The third-order valence-corrected chi connectivity index (χ3v) is 7.69. The Hall–Kier alpha value is -4.31. The van der Waals surface area contributed by atoms with Gasteiger partial charge in [-0.3, -0.25) is 14.9 Å². The number of aryl methyl sites for hydroxylation is 1. The summed E-state index contributed by atoms with van der Waals surface area (Å²) in [5.41, 5.74) is 5.53. The van der Waals surface area contributed by atoms with Crippen molar-refractivity contribution < 1.29 is 31.8 Å².